The van der Waals surface area contributed by atoms with Gasteiger partial charge < -0.3 is 0 Å². The van der Waals surface area contributed by atoms with Crippen LogP contribution in [-0.4, -0.2) is 30.6 Å². The summed E-state index contributed by atoms with van der Waals surface area (Å²) in [5.41, 5.74) is 0. The molecule has 0 aliphatic rings. The van der Waals surface area contributed by atoms with Gasteiger partial charge in [0.1, 0.15) is 0 Å². The first-order valence-electron chi connectivity index (χ1n) is 1.63. The summed E-state index contributed by atoms with van der Waals surface area (Å²) in [5, 5.41) is 0. The van der Waals surface area contributed by atoms with Gasteiger partial charge in [-0.15, -0.1) is 0 Å². The van der Waals surface area contributed by atoms with Crippen LogP contribution in [0, 0.1) is 0 Å². The molecule has 36 valence electrons. The molecule has 0 atom stereocenters. The fourth-order valence-corrected chi connectivity index (χ4v) is 0.828. The van der Waals surface area contributed by atoms with Crippen molar-refractivity contribution < 1.29 is 9.59 Å². The molecular weight excluding hydrogens is 191 g/mol. The molecule has 4 heteroatoms. The van der Waals surface area contributed by atoms with E-state index < -0.39 is 20.6 Å². The number of hydrogen-bond acceptors (Lipinski definition) is 2. The maximum atomic E-state index is 9.66. The van der Waals surface area contributed by atoms with Crippen molar-refractivity contribution in [1.82, 2.24) is 0 Å². The van der Waals surface area contributed by atoms with Crippen molar-refractivity contribution in [3.8, 4) is 0 Å². The second kappa shape index (κ2) is 3.70. The molecule has 0 amide bonds. The van der Waals surface area contributed by atoms with Gasteiger partial charge in [-0.2, -0.15) is 0 Å². The van der Waals surface area contributed by atoms with Gasteiger partial charge in [0, 0.05) is 0 Å². The Morgan fingerprint density at radius 3 is 2.50 bits per heavy atom. The van der Waals surface area contributed by atoms with E-state index in [9.17, 15) is 3.08 Å². The zero-order valence-electron chi connectivity index (χ0n) is 3.47. The minimum absolute atomic E-state index is 0.356. The molecule has 0 aliphatic heterocycles. The molecule has 3 nitrogen and oxygen atoms in total. The van der Waals surface area contributed by atoms with Crippen LogP contribution in [0.3, 0.4) is 0 Å². The van der Waals surface area contributed by atoms with Crippen LogP contribution in [0.15, 0.2) is 0 Å². The monoisotopic (exact) mass is 198 g/mol. The number of hydrogen-bond donors (Lipinski definition) is 1. The van der Waals surface area contributed by atoms with Crippen LogP contribution in [0.25, 0.3) is 0 Å². The van der Waals surface area contributed by atoms with Gasteiger partial charge in [-0.3, -0.25) is 0 Å². The third-order valence-electron chi connectivity index (χ3n) is 0.268. The Morgan fingerprint density at radius 2 is 2.50 bits per heavy atom. The SMILES string of the molecule is CC[O][Sn](=[O])[OH]. The molecule has 0 radical (unpaired) electrons. The van der Waals surface area contributed by atoms with Crippen LogP contribution in [0.1, 0.15) is 6.92 Å². The summed E-state index contributed by atoms with van der Waals surface area (Å²) in [6.45, 7) is 2.05. The summed E-state index contributed by atoms with van der Waals surface area (Å²) in [5.74, 6) is 0. The standard InChI is InChI=1S/C2H5O.H2O.O.Sn/c1-2-3;;;/h2H2,1H3;1H2;;/q-1;;;+2/p-1. The van der Waals surface area contributed by atoms with E-state index in [0.29, 0.717) is 6.61 Å². The molecule has 0 aromatic rings. The van der Waals surface area contributed by atoms with Gasteiger partial charge in [-0.1, -0.05) is 0 Å². The molecule has 0 heterocycles. The molecule has 0 rings (SSSR count). The van der Waals surface area contributed by atoms with Crippen LogP contribution < -0.4 is 0 Å². The third-order valence-corrected chi connectivity index (χ3v) is 1.80. The predicted molar refractivity (Wildman–Crippen MR) is 20.3 cm³/mol. The molecule has 0 saturated heterocycles. The van der Waals surface area contributed by atoms with Gasteiger partial charge in [0.25, 0.3) is 0 Å². The molecular formula is C2H6O3Sn. The average Bonchev–Trinajstić information content (AvgIpc) is 1.35. The van der Waals surface area contributed by atoms with E-state index in [1.165, 1.54) is 0 Å². The van der Waals surface area contributed by atoms with Crippen molar-refractivity contribution in [2.75, 3.05) is 6.61 Å². The van der Waals surface area contributed by atoms with Crippen molar-refractivity contribution in [1.29, 1.82) is 0 Å². The normalized spacial score (nSPS) is 8.33. The summed E-state index contributed by atoms with van der Waals surface area (Å²) in [7, 11) is 0. The van der Waals surface area contributed by atoms with E-state index in [1.54, 1.807) is 6.92 Å². The van der Waals surface area contributed by atoms with Crippen molar-refractivity contribution in [3.63, 3.8) is 0 Å². The van der Waals surface area contributed by atoms with Crippen LogP contribution in [0.2, 0.25) is 0 Å². The fourth-order valence-electron chi connectivity index (χ4n) is 0.123. The number of rotatable bonds is 2. The Labute approximate surface area is 44.1 Å². The van der Waals surface area contributed by atoms with E-state index in [1.807, 2.05) is 0 Å². The Hall–Kier alpha value is 0.519. The molecule has 0 saturated carbocycles. The van der Waals surface area contributed by atoms with E-state index in [-0.39, 0.29) is 0 Å². The van der Waals surface area contributed by atoms with Gasteiger partial charge in [0.15, 0.2) is 0 Å². The zero-order valence-corrected chi connectivity index (χ0v) is 6.32. The molecule has 6 heavy (non-hydrogen) atoms. The third kappa shape index (κ3) is 4.52. The Kier molecular flexibility index (Phi) is 4.02. The van der Waals surface area contributed by atoms with Gasteiger partial charge in [0.2, 0.25) is 0 Å². The van der Waals surface area contributed by atoms with Crippen LogP contribution >= 0.6 is 0 Å². The second-order valence-electron chi connectivity index (χ2n) is 0.699. The van der Waals surface area contributed by atoms with Gasteiger partial charge in [-0.05, 0) is 0 Å². The van der Waals surface area contributed by atoms with Crippen LogP contribution in [0.4, 0.5) is 0 Å². The molecule has 0 bridgehead atoms. The fraction of sp³-hybridized carbons (Fsp3) is 1.00. The zero-order chi connectivity index (χ0) is 4.99. The van der Waals surface area contributed by atoms with Crippen LogP contribution in [0.5, 0.6) is 0 Å². The topological polar surface area (TPSA) is 46.5 Å². The van der Waals surface area contributed by atoms with Crippen LogP contribution in [-0.2, 0) is 6.15 Å². The Bertz CT molecular complexity index is 52.8. The summed E-state index contributed by atoms with van der Waals surface area (Å²) in [4.78, 5) is 0. The molecule has 0 aromatic carbocycles. The summed E-state index contributed by atoms with van der Waals surface area (Å²) in [6.07, 6.45) is 0. The molecule has 0 unspecified atom stereocenters. The first kappa shape index (κ1) is 6.52. The summed E-state index contributed by atoms with van der Waals surface area (Å²) < 4.78 is 21.9. The van der Waals surface area contributed by atoms with Gasteiger partial charge in [0.05, 0.1) is 0 Å². The van der Waals surface area contributed by atoms with Crippen molar-refractivity contribution in [2.24, 2.45) is 0 Å². The molecule has 0 fully saturated rings. The van der Waals surface area contributed by atoms with E-state index in [0.717, 1.165) is 0 Å². The minimum atomic E-state index is -3.37. The van der Waals surface area contributed by atoms with E-state index >= 15 is 0 Å². The summed E-state index contributed by atoms with van der Waals surface area (Å²) in [6, 6.07) is 0. The Balaban J connectivity index is 2.83. The first-order chi connectivity index (χ1) is 2.77. The van der Waals surface area contributed by atoms with E-state index in [2.05, 4.69) is 3.07 Å². The quantitative estimate of drug-likeness (QED) is 0.602. The maximum absolute atomic E-state index is 9.66. The molecule has 0 spiro atoms. The molecule has 0 aromatic heterocycles. The van der Waals surface area contributed by atoms with Crippen molar-refractivity contribution in [3.05, 3.63) is 0 Å². The second-order valence-corrected chi connectivity index (χ2v) is 3.04. The Morgan fingerprint density at radius 1 is 2.00 bits per heavy atom. The summed E-state index contributed by atoms with van der Waals surface area (Å²) >= 11 is -3.37. The predicted octanol–water partition coefficient (Wildman–Crippen LogP) is -0.569. The first-order valence-corrected chi connectivity index (χ1v) is 5.23. The van der Waals surface area contributed by atoms with Gasteiger partial charge in [-0.25, -0.2) is 0 Å². The molecule has 0 aliphatic carbocycles. The average molecular weight is 197 g/mol. The van der Waals surface area contributed by atoms with Gasteiger partial charge >= 0.3 is 43.7 Å². The van der Waals surface area contributed by atoms with E-state index in [4.69, 9.17) is 3.44 Å². The van der Waals surface area contributed by atoms with Crippen molar-refractivity contribution in [2.45, 2.75) is 6.92 Å². The van der Waals surface area contributed by atoms with Crippen molar-refractivity contribution >= 4 is 20.6 Å². The molecule has 1 N–H and O–H groups in total.